The van der Waals surface area contributed by atoms with Crippen molar-refractivity contribution < 1.29 is 4.74 Å². The van der Waals surface area contributed by atoms with Gasteiger partial charge in [0.25, 0.3) is 0 Å². The van der Waals surface area contributed by atoms with Gasteiger partial charge in [0.05, 0.1) is 6.10 Å². The lowest BCUT2D eigenvalue weighted by atomic mass is 9.97. The van der Waals surface area contributed by atoms with E-state index in [0.29, 0.717) is 6.10 Å². The minimum absolute atomic E-state index is 0.430. The van der Waals surface area contributed by atoms with Crippen molar-refractivity contribution in [2.75, 3.05) is 0 Å². The predicted octanol–water partition coefficient (Wildman–Crippen LogP) is 4.97. The molecule has 0 saturated heterocycles. The molecule has 102 valence electrons. The van der Waals surface area contributed by atoms with Crippen molar-refractivity contribution in [3.05, 3.63) is 53.6 Å². The zero-order valence-corrected chi connectivity index (χ0v) is 11.8. The number of benzene rings is 2. The lowest BCUT2D eigenvalue weighted by Gasteiger charge is -2.24. The Labute approximate surface area is 120 Å². The Balaban J connectivity index is 1.66. The number of hydrogen-bond acceptors (Lipinski definition) is 1. The molecule has 0 aromatic heterocycles. The van der Waals surface area contributed by atoms with E-state index in [2.05, 4.69) is 42.5 Å². The van der Waals surface area contributed by atoms with Gasteiger partial charge in [-0.25, -0.2) is 0 Å². The number of fused-ring (bicyclic) bond motifs is 3. The molecule has 2 aliphatic rings. The highest BCUT2D eigenvalue weighted by Crippen LogP contribution is 2.41. The van der Waals surface area contributed by atoms with Crippen molar-refractivity contribution >= 4 is 0 Å². The predicted molar refractivity (Wildman–Crippen MR) is 82.2 cm³/mol. The van der Waals surface area contributed by atoms with E-state index < -0.39 is 0 Å². The van der Waals surface area contributed by atoms with Crippen LogP contribution in [0.1, 0.15) is 43.2 Å². The van der Waals surface area contributed by atoms with Gasteiger partial charge in [0.15, 0.2) is 0 Å². The highest BCUT2D eigenvalue weighted by molar-refractivity contribution is 5.78. The molecule has 0 N–H and O–H groups in total. The molecule has 0 aliphatic heterocycles. The molecule has 0 unspecified atom stereocenters. The van der Waals surface area contributed by atoms with Gasteiger partial charge in [-0.1, -0.05) is 42.8 Å². The van der Waals surface area contributed by atoms with Crippen LogP contribution in [0.4, 0.5) is 0 Å². The van der Waals surface area contributed by atoms with Crippen LogP contribution < -0.4 is 4.74 Å². The number of ether oxygens (including phenoxy) is 1. The molecular weight excluding hydrogens is 244 g/mol. The first-order valence-electron chi connectivity index (χ1n) is 7.78. The average molecular weight is 264 g/mol. The molecule has 4 rings (SSSR count). The van der Waals surface area contributed by atoms with Crippen LogP contribution in [0.2, 0.25) is 0 Å². The maximum Gasteiger partial charge on any atom is 0.123 e. The van der Waals surface area contributed by atoms with E-state index in [4.69, 9.17) is 4.74 Å². The zero-order valence-electron chi connectivity index (χ0n) is 11.8. The minimum atomic E-state index is 0.430. The smallest absolute Gasteiger partial charge is 0.123 e. The van der Waals surface area contributed by atoms with E-state index in [1.54, 1.807) is 0 Å². The summed E-state index contributed by atoms with van der Waals surface area (Å²) in [5, 5.41) is 0. The summed E-state index contributed by atoms with van der Waals surface area (Å²) in [6.07, 6.45) is 7.90. The van der Waals surface area contributed by atoms with E-state index in [0.717, 1.165) is 12.2 Å². The van der Waals surface area contributed by atoms with E-state index in [1.165, 1.54) is 54.4 Å². The Morgan fingerprint density at radius 2 is 1.60 bits per heavy atom. The van der Waals surface area contributed by atoms with Crippen LogP contribution in [-0.4, -0.2) is 6.10 Å². The summed E-state index contributed by atoms with van der Waals surface area (Å²) in [7, 11) is 0. The topological polar surface area (TPSA) is 9.23 Å². The van der Waals surface area contributed by atoms with Gasteiger partial charge in [-0.3, -0.25) is 0 Å². The maximum absolute atomic E-state index is 6.33. The van der Waals surface area contributed by atoms with Crippen LogP contribution in [0.15, 0.2) is 42.5 Å². The van der Waals surface area contributed by atoms with E-state index in [9.17, 15) is 0 Å². The summed E-state index contributed by atoms with van der Waals surface area (Å²) in [6, 6.07) is 15.2. The van der Waals surface area contributed by atoms with E-state index >= 15 is 0 Å². The molecule has 2 aromatic carbocycles. The van der Waals surface area contributed by atoms with Gasteiger partial charge in [0.1, 0.15) is 5.75 Å². The summed E-state index contributed by atoms with van der Waals surface area (Å²) < 4.78 is 6.33. The molecule has 1 heteroatoms. The molecular formula is C19H20O. The molecule has 1 fully saturated rings. The molecule has 0 bridgehead atoms. The first kappa shape index (κ1) is 12.0. The number of hydrogen-bond donors (Lipinski definition) is 0. The highest BCUT2D eigenvalue weighted by atomic mass is 16.5. The van der Waals surface area contributed by atoms with Gasteiger partial charge in [-0.2, -0.15) is 0 Å². The normalized spacial score (nSPS) is 17.6. The van der Waals surface area contributed by atoms with Gasteiger partial charge < -0.3 is 4.74 Å². The quantitative estimate of drug-likeness (QED) is 0.635. The van der Waals surface area contributed by atoms with E-state index in [1.807, 2.05) is 0 Å². The lowest BCUT2D eigenvalue weighted by molar-refractivity contribution is 0.154. The monoisotopic (exact) mass is 264 g/mol. The molecule has 1 nitrogen and oxygen atoms in total. The molecule has 20 heavy (non-hydrogen) atoms. The van der Waals surface area contributed by atoms with E-state index in [-0.39, 0.29) is 0 Å². The number of rotatable bonds is 2. The van der Waals surface area contributed by atoms with Crippen molar-refractivity contribution in [3.8, 4) is 16.9 Å². The maximum atomic E-state index is 6.33. The Bertz CT molecular complexity index is 623. The van der Waals surface area contributed by atoms with Crippen LogP contribution in [0, 0.1) is 0 Å². The zero-order chi connectivity index (χ0) is 13.4. The fourth-order valence-electron chi connectivity index (χ4n) is 3.60. The first-order valence-corrected chi connectivity index (χ1v) is 7.78. The highest BCUT2D eigenvalue weighted by Gasteiger charge is 2.23. The Morgan fingerprint density at radius 1 is 0.800 bits per heavy atom. The van der Waals surface area contributed by atoms with Gasteiger partial charge >= 0.3 is 0 Å². The lowest BCUT2D eigenvalue weighted by Crippen LogP contribution is -2.20. The van der Waals surface area contributed by atoms with Crippen LogP contribution in [0.5, 0.6) is 5.75 Å². The second kappa shape index (κ2) is 4.97. The summed E-state index contributed by atoms with van der Waals surface area (Å²) in [4.78, 5) is 0. The minimum Gasteiger partial charge on any atom is -0.490 e. The van der Waals surface area contributed by atoms with Gasteiger partial charge in [-0.05, 0) is 48.4 Å². The van der Waals surface area contributed by atoms with Crippen LogP contribution in [0.25, 0.3) is 11.1 Å². The Morgan fingerprint density at radius 3 is 2.50 bits per heavy atom. The molecule has 0 spiro atoms. The summed E-state index contributed by atoms with van der Waals surface area (Å²) >= 11 is 0. The standard InChI is InChI=1S/C19H20O/c1-2-8-15(9-3-1)20-19-12-6-11-17-16-10-5-4-7-14(16)13-18(17)19/h4-7,10-12,15H,1-3,8-9,13H2. The van der Waals surface area contributed by atoms with Crippen molar-refractivity contribution in [3.63, 3.8) is 0 Å². The summed E-state index contributed by atoms with van der Waals surface area (Å²) in [5.41, 5.74) is 5.58. The van der Waals surface area contributed by atoms with Crippen molar-refractivity contribution in [2.45, 2.75) is 44.6 Å². The van der Waals surface area contributed by atoms with Crippen molar-refractivity contribution in [1.29, 1.82) is 0 Å². The molecule has 0 heterocycles. The second-order valence-electron chi connectivity index (χ2n) is 5.99. The summed E-state index contributed by atoms with van der Waals surface area (Å²) in [6.45, 7) is 0. The Hall–Kier alpha value is -1.76. The largest absolute Gasteiger partial charge is 0.490 e. The fourth-order valence-corrected chi connectivity index (χ4v) is 3.60. The van der Waals surface area contributed by atoms with Crippen LogP contribution >= 0.6 is 0 Å². The van der Waals surface area contributed by atoms with Crippen molar-refractivity contribution in [2.24, 2.45) is 0 Å². The van der Waals surface area contributed by atoms with Crippen LogP contribution in [0.3, 0.4) is 0 Å². The van der Waals surface area contributed by atoms with Crippen molar-refractivity contribution in [1.82, 2.24) is 0 Å². The van der Waals surface area contributed by atoms with Gasteiger partial charge in [-0.15, -0.1) is 0 Å². The fraction of sp³-hybridized carbons (Fsp3) is 0.368. The third kappa shape index (κ3) is 2.02. The average Bonchev–Trinajstić information content (AvgIpc) is 2.88. The van der Waals surface area contributed by atoms with Gasteiger partial charge in [0, 0.05) is 12.0 Å². The molecule has 1 saturated carbocycles. The third-order valence-electron chi connectivity index (χ3n) is 4.65. The SMILES string of the molecule is c1ccc2c(c1)Cc1c(OC3CCCCC3)cccc1-2. The first-order chi connectivity index (χ1) is 9.92. The molecule has 2 aliphatic carbocycles. The molecule has 2 aromatic rings. The second-order valence-corrected chi connectivity index (χ2v) is 5.99. The summed E-state index contributed by atoms with van der Waals surface area (Å²) in [5.74, 6) is 1.12. The molecule has 0 radical (unpaired) electrons. The molecule has 0 amide bonds. The Kier molecular flexibility index (Phi) is 2.99. The molecule has 0 atom stereocenters. The van der Waals surface area contributed by atoms with Crippen LogP contribution in [-0.2, 0) is 6.42 Å². The van der Waals surface area contributed by atoms with Gasteiger partial charge in [0.2, 0.25) is 0 Å². The third-order valence-corrected chi connectivity index (χ3v) is 4.65.